The maximum atomic E-state index is 13.4. The summed E-state index contributed by atoms with van der Waals surface area (Å²) in [6.07, 6.45) is -1.17. The van der Waals surface area contributed by atoms with E-state index < -0.39 is 26.4 Å². The molecule has 3 rings (SSSR count). The molecule has 2 heterocycles. The first-order valence-corrected chi connectivity index (χ1v) is 13.8. The molecule has 0 amide bonds. The van der Waals surface area contributed by atoms with Crippen LogP contribution in [0.4, 0.5) is 13.2 Å². The summed E-state index contributed by atoms with van der Waals surface area (Å²) in [5.74, 6) is 0.323. The van der Waals surface area contributed by atoms with E-state index in [-0.39, 0.29) is 22.5 Å². The van der Waals surface area contributed by atoms with Gasteiger partial charge < -0.3 is 9.16 Å². The van der Waals surface area contributed by atoms with E-state index in [2.05, 4.69) is 33.9 Å². The second-order valence-corrected chi connectivity index (χ2v) is 12.8. The molecule has 0 bridgehead atoms. The van der Waals surface area contributed by atoms with Gasteiger partial charge in [-0.1, -0.05) is 20.8 Å². The fourth-order valence-corrected chi connectivity index (χ4v) is 4.54. The largest absolute Gasteiger partial charge is 0.483 e. The van der Waals surface area contributed by atoms with Crippen molar-refractivity contribution < 1.29 is 22.3 Å². The van der Waals surface area contributed by atoms with Crippen LogP contribution in [0.3, 0.4) is 0 Å². The highest BCUT2D eigenvalue weighted by Gasteiger charge is 2.35. The molecule has 33 heavy (non-hydrogen) atoms. The molecule has 1 atom stereocenters. The number of ether oxygens (including phenoxy) is 1. The van der Waals surface area contributed by atoms with Gasteiger partial charge in [-0.05, 0) is 68.3 Å². The monoisotopic (exact) mass is 479 g/mol. The van der Waals surface area contributed by atoms with Crippen LogP contribution >= 0.6 is 0 Å². The third-order valence-corrected chi connectivity index (χ3v) is 6.55. The molecule has 1 aliphatic heterocycles. The first-order chi connectivity index (χ1) is 15.1. The SMILES string of the molecule is C[SiH](C)OCC(c1ccn(C2=CC(C)(C)Oc3ccc(C(F)(F)F)cc32)c(=O)c1)C(C)(C)C. The van der Waals surface area contributed by atoms with Crippen LogP contribution in [-0.2, 0) is 10.6 Å². The zero-order valence-electron chi connectivity index (χ0n) is 20.2. The Morgan fingerprint density at radius 3 is 2.33 bits per heavy atom. The lowest BCUT2D eigenvalue weighted by molar-refractivity contribution is -0.137. The summed E-state index contributed by atoms with van der Waals surface area (Å²) in [6, 6.07) is 6.78. The minimum atomic E-state index is -4.50. The van der Waals surface area contributed by atoms with Gasteiger partial charge in [0.05, 0.1) is 11.3 Å². The van der Waals surface area contributed by atoms with E-state index in [1.165, 1.54) is 10.6 Å². The molecule has 1 aromatic heterocycles. The third-order valence-electron chi connectivity index (χ3n) is 5.69. The van der Waals surface area contributed by atoms with E-state index >= 15 is 0 Å². The number of pyridine rings is 1. The highest BCUT2D eigenvalue weighted by atomic mass is 28.3. The van der Waals surface area contributed by atoms with Gasteiger partial charge in [-0.15, -0.1) is 0 Å². The van der Waals surface area contributed by atoms with Crippen LogP contribution < -0.4 is 10.3 Å². The second-order valence-electron chi connectivity index (χ2n) is 10.4. The number of nitrogens with zero attached hydrogens (tertiary/aromatic N) is 1. The fraction of sp³-hybridized carbons (Fsp3) is 0.480. The molecule has 4 nitrogen and oxygen atoms in total. The third kappa shape index (κ3) is 5.79. The summed E-state index contributed by atoms with van der Waals surface area (Å²) in [5.41, 5.74) is -0.546. The van der Waals surface area contributed by atoms with Gasteiger partial charge in [0, 0.05) is 30.4 Å². The zero-order chi connectivity index (χ0) is 24.8. The minimum Gasteiger partial charge on any atom is -0.483 e. The molecule has 8 heteroatoms. The first-order valence-electron chi connectivity index (χ1n) is 11.1. The fourth-order valence-electron chi connectivity index (χ4n) is 3.96. The highest BCUT2D eigenvalue weighted by molar-refractivity contribution is 6.48. The molecule has 1 unspecified atom stereocenters. The van der Waals surface area contributed by atoms with Crippen LogP contribution in [0.15, 0.2) is 47.4 Å². The second kappa shape index (κ2) is 8.80. The molecule has 0 radical (unpaired) electrons. The molecular weight excluding hydrogens is 447 g/mol. The molecule has 2 aromatic rings. The lowest BCUT2D eigenvalue weighted by atomic mass is 9.77. The lowest BCUT2D eigenvalue weighted by Crippen LogP contribution is -2.33. The Kier molecular flexibility index (Phi) is 6.74. The highest BCUT2D eigenvalue weighted by Crippen LogP contribution is 2.41. The number of hydrogen-bond acceptors (Lipinski definition) is 3. The van der Waals surface area contributed by atoms with E-state index in [0.717, 1.165) is 17.7 Å². The van der Waals surface area contributed by atoms with Crippen LogP contribution in [-0.4, -0.2) is 25.8 Å². The molecule has 1 aliphatic rings. The molecule has 0 aliphatic carbocycles. The number of halogens is 3. The molecule has 0 N–H and O–H groups in total. The van der Waals surface area contributed by atoms with E-state index in [4.69, 9.17) is 9.16 Å². The Labute approximate surface area is 194 Å². The van der Waals surface area contributed by atoms with Gasteiger partial charge in [0.2, 0.25) is 0 Å². The van der Waals surface area contributed by atoms with Gasteiger partial charge >= 0.3 is 6.18 Å². The molecule has 0 saturated carbocycles. The number of aromatic nitrogens is 1. The van der Waals surface area contributed by atoms with Gasteiger partial charge in [0.15, 0.2) is 9.04 Å². The summed E-state index contributed by atoms with van der Waals surface area (Å²) < 4.78 is 53.3. The predicted molar refractivity (Wildman–Crippen MR) is 127 cm³/mol. The van der Waals surface area contributed by atoms with Crippen LogP contribution in [0.25, 0.3) is 5.70 Å². The summed E-state index contributed by atoms with van der Waals surface area (Å²) in [6.45, 7) is 14.6. The standard InChI is InChI=1S/C25H32F3NO3Si/c1-23(2,3)19(15-31-33(6)7)16-10-11-29(22(30)12-16)20-14-24(4,5)32-21-9-8-17(13-18(20)21)25(26,27)28/h8-14,19,33H,15H2,1-7H3. The van der Waals surface area contributed by atoms with E-state index in [9.17, 15) is 18.0 Å². The summed E-state index contributed by atoms with van der Waals surface area (Å²) in [7, 11) is -1.24. The Balaban J connectivity index is 2.10. The molecule has 0 fully saturated rings. The summed E-state index contributed by atoms with van der Waals surface area (Å²) >= 11 is 0. The van der Waals surface area contributed by atoms with Crippen LogP contribution in [0.1, 0.15) is 57.2 Å². The van der Waals surface area contributed by atoms with Crippen LogP contribution in [0, 0.1) is 5.41 Å². The van der Waals surface area contributed by atoms with Crippen molar-refractivity contribution >= 4 is 14.7 Å². The topological polar surface area (TPSA) is 40.5 Å². The van der Waals surface area contributed by atoms with Crippen LogP contribution in [0.5, 0.6) is 5.75 Å². The lowest BCUT2D eigenvalue weighted by Gasteiger charge is -2.33. The average Bonchev–Trinajstić information content (AvgIpc) is 2.64. The number of alkyl halides is 3. The molecule has 1 aromatic carbocycles. The van der Waals surface area contributed by atoms with Gasteiger partial charge in [-0.3, -0.25) is 9.36 Å². The number of fused-ring (bicyclic) bond motifs is 1. The minimum absolute atomic E-state index is 0.0129. The predicted octanol–water partition coefficient (Wildman–Crippen LogP) is 6.06. The van der Waals surface area contributed by atoms with E-state index in [1.807, 2.05) is 6.07 Å². The molecule has 0 spiro atoms. The maximum absolute atomic E-state index is 13.4. The van der Waals surface area contributed by atoms with Crippen LogP contribution in [0.2, 0.25) is 13.1 Å². The zero-order valence-corrected chi connectivity index (χ0v) is 21.4. The Hall–Kier alpha value is -2.32. The van der Waals surface area contributed by atoms with Gasteiger partial charge in [0.1, 0.15) is 11.4 Å². The number of benzene rings is 1. The number of rotatable bonds is 5. The van der Waals surface area contributed by atoms with Crippen molar-refractivity contribution in [3.05, 3.63) is 69.6 Å². The Bertz CT molecular complexity index is 1110. The first kappa shape index (κ1) is 25.3. The molecule has 180 valence electrons. The Morgan fingerprint density at radius 2 is 1.79 bits per heavy atom. The van der Waals surface area contributed by atoms with Crippen molar-refractivity contribution in [1.82, 2.24) is 4.57 Å². The van der Waals surface area contributed by atoms with Crippen molar-refractivity contribution in [2.24, 2.45) is 5.41 Å². The number of hydrogen-bond donors (Lipinski definition) is 0. The van der Waals surface area contributed by atoms with Crippen molar-refractivity contribution in [2.45, 2.75) is 65.4 Å². The van der Waals surface area contributed by atoms with Crippen molar-refractivity contribution in [3.63, 3.8) is 0 Å². The molecule has 0 saturated heterocycles. The smallest absolute Gasteiger partial charge is 0.416 e. The normalized spacial score (nSPS) is 16.8. The van der Waals surface area contributed by atoms with E-state index in [0.29, 0.717) is 18.1 Å². The maximum Gasteiger partial charge on any atom is 0.416 e. The summed E-state index contributed by atoms with van der Waals surface area (Å²) in [5, 5.41) is 0. The molecular formula is C25H32F3NO3Si. The van der Waals surface area contributed by atoms with E-state index in [1.54, 1.807) is 32.2 Å². The van der Waals surface area contributed by atoms with Gasteiger partial charge in [0.25, 0.3) is 5.56 Å². The van der Waals surface area contributed by atoms with Crippen molar-refractivity contribution in [3.8, 4) is 5.75 Å². The Morgan fingerprint density at radius 1 is 1.12 bits per heavy atom. The van der Waals surface area contributed by atoms with Gasteiger partial charge in [-0.25, -0.2) is 0 Å². The quantitative estimate of drug-likeness (QED) is 0.490. The van der Waals surface area contributed by atoms with Crippen molar-refractivity contribution in [2.75, 3.05) is 6.61 Å². The van der Waals surface area contributed by atoms with Gasteiger partial charge in [-0.2, -0.15) is 13.2 Å². The summed E-state index contributed by atoms with van der Waals surface area (Å²) in [4.78, 5) is 13.2. The average molecular weight is 480 g/mol. The van der Waals surface area contributed by atoms with Crippen molar-refractivity contribution in [1.29, 1.82) is 0 Å².